The number of nitrogens with zero attached hydrogens (tertiary/aromatic N) is 1. The van der Waals surface area contributed by atoms with Crippen molar-refractivity contribution < 1.29 is 9.90 Å². The Balaban J connectivity index is 1.98. The Kier molecular flexibility index (Phi) is 4.63. The molecule has 19 heavy (non-hydrogen) atoms. The molecule has 104 valence electrons. The molecule has 2 atom stereocenters. The predicted octanol–water partition coefficient (Wildman–Crippen LogP) is 3.30. The molecule has 3 nitrogen and oxygen atoms in total. The average molecular weight is 326 g/mol. The molecular weight excluding hydrogens is 306 g/mol. The van der Waals surface area contributed by atoms with E-state index in [0.717, 1.165) is 30.5 Å². The molecule has 0 amide bonds. The van der Waals surface area contributed by atoms with Crippen LogP contribution in [-0.2, 0) is 11.3 Å². The maximum Gasteiger partial charge on any atom is 0.306 e. The van der Waals surface area contributed by atoms with E-state index in [1.54, 1.807) is 0 Å². The molecule has 2 rings (SSSR count). The maximum absolute atomic E-state index is 11.1. The number of carboxylic acid groups (broad SMARTS) is 1. The van der Waals surface area contributed by atoms with E-state index in [-0.39, 0.29) is 11.8 Å². The Hall–Kier alpha value is -0.870. The van der Waals surface area contributed by atoms with Crippen LogP contribution >= 0.6 is 15.9 Å². The quantitative estimate of drug-likeness (QED) is 0.926. The summed E-state index contributed by atoms with van der Waals surface area (Å²) in [6, 6.07) is 6.42. The lowest BCUT2D eigenvalue weighted by Gasteiger charge is -2.35. The summed E-state index contributed by atoms with van der Waals surface area (Å²) >= 11 is 3.56. The van der Waals surface area contributed by atoms with Crippen molar-refractivity contribution in [2.24, 2.45) is 11.8 Å². The van der Waals surface area contributed by atoms with Gasteiger partial charge in [0.1, 0.15) is 0 Å². The van der Waals surface area contributed by atoms with Crippen molar-refractivity contribution in [1.29, 1.82) is 0 Å². The largest absolute Gasteiger partial charge is 0.481 e. The first-order chi connectivity index (χ1) is 8.97. The summed E-state index contributed by atoms with van der Waals surface area (Å²) in [4.78, 5) is 13.4. The molecule has 1 aliphatic heterocycles. The van der Waals surface area contributed by atoms with Crippen LogP contribution in [0.2, 0.25) is 0 Å². The molecule has 1 heterocycles. The molecule has 1 fully saturated rings. The zero-order valence-electron chi connectivity index (χ0n) is 11.4. The fourth-order valence-electron chi connectivity index (χ4n) is 2.74. The van der Waals surface area contributed by atoms with Crippen LogP contribution in [-0.4, -0.2) is 29.1 Å². The highest BCUT2D eigenvalue weighted by Gasteiger charge is 2.30. The first-order valence-corrected chi connectivity index (χ1v) is 7.47. The van der Waals surface area contributed by atoms with Gasteiger partial charge in [0.05, 0.1) is 5.92 Å². The molecule has 0 radical (unpaired) electrons. The van der Waals surface area contributed by atoms with Crippen LogP contribution < -0.4 is 0 Å². The van der Waals surface area contributed by atoms with Crippen molar-refractivity contribution in [2.45, 2.75) is 26.8 Å². The fraction of sp³-hybridized carbons (Fsp3) is 0.533. The highest BCUT2D eigenvalue weighted by molar-refractivity contribution is 9.10. The van der Waals surface area contributed by atoms with E-state index in [1.807, 2.05) is 6.92 Å². The summed E-state index contributed by atoms with van der Waals surface area (Å²) in [6.45, 7) is 6.75. The summed E-state index contributed by atoms with van der Waals surface area (Å²) < 4.78 is 1.14. The standard InChI is InChI=1S/C15H20BrNO2/c1-10-3-4-12(7-14(10)16)9-17-6-5-13(15(18)19)11(2)8-17/h3-4,7,11,13H,5-6,8-9H2,1-2H3,(H,18,19). The van der Waals surface area contributed by atoms with Crippen molar-refractivity contribution in [2.75, 3.05) is 13.1 Å². The SMILES string of the molecule is Cc1ccc(CN2CCC(C(=O)O)C(C)C2)cc1Br. The number of hydrogen-bond donors (Lipinski definition) is 1. The second-order valence-electron chi connectivity index (χ2n) is 5.53. The normalized spacial score (nSPS) is 24.4. The molecule has 0 spiro atoms. The third-order valence-electron chi connectivity index (χ3n) is 3.95. The van der Waals surface area contributed by atoms with E-state index in [1.165, 1.54) is 11.1 Å². The van der Waals surface area contributed by atoms with Crippen molar-refractivity contribution in [3.05, 3.63) is 33.8 Å². The van der Waals surface area contributed by atoms with E-state index >= 15 is 0 Å². The van der Waals surface area contributed by atoms with Gasteiger partial charge in [-0.3, -0.25) is 9.69 Å². The van der Waals surface area contributed by atoms with Gasteiger partial charge >= 0.3 is 5.97 Å². The zero-order valence-corrected chi connectivity index (χ0v) is 13.0. The molecule has 1 saturated heterocycles. The van der Waals surface area contributed by atoms with E-state index in [4.69, 9.17) is 5.11 Å². The van der Waals surface area contributed by atoms with Gasteiger partial charge in [-0.1, -0.05) is 35.0 Å². The predicted molar refractivity (Wildman–Crippen MR) is 79.1 cm³/mol. The minimum atomic E-state index is -0.648. The summed E-state index contributed by atoms with van der Waals surface area (Å²) in [5.41, 5.74) is 2.51. The molecule has 0 aromatic heterocycles. The molecule has 1 aromatic carbocycles. The second-order valence-corrected chi connectivity index (χ2v) is 6.38. The monoisotopic (exact) mass is 325 g/mol. The van der Waals surface area contributed by atoms with Crippen LogP contribution in [0.1, 0.15) is 24.5 Å². The number of carbonyl (C=O) groups is 1. The van der Waals surface area contributed by atoms with Crippen LogP contribution in [0.25, 0.3) is 0 Å². The van der Waals surface area contributed by atoms with Gasteiger partial charge in [-0.15, -0.1) is 0 Å². The highest BCUT2D eigenvalue weighted by Crippen LogP contribution is 2.25. The number of aliphatic carboxylic acids is 1. The van der Waals surface area contributed by atoms with Crippen LogP contribution in [0.15, 0.2) is 22.7 Å². The zero-order chi connectivity index (χ0) is 14.0. The molecule has 0 bridgehead atoms. The van der Waals surface area contributed by atoms with E-state index in [2.05, 4.69) is 46.0 Å². The van der Waals surface area contributed by atoms with E-state index in [9.17, 15) is 4.79 Å². The van der Waals surface area contributed by atoms with Gasteiger partial charge in [0, 0.05) is 17.6 Å². The number of benzene rings is 1. The Morgan fingerprint density at radius 3 is 2.84 bits per heavy atom. The van der Waals surface area contributed by atoms with Gasteiger partial charge in [0.15, 0.2) is 0 Å². The molecule has 0 aliphatic carbocycles. The Bertz CT molecular complexity index is 475. The van der Waals surface area contributed by atoms with E-state index in [0.29, 0.717) is 0 Å². The van der Waals surface area contributed by atoms with Gasteiger partial charge in [0.25, 0.3) is 0 Å². The molecule has 1 aliphatic rings. The number of aryl methyl sites for hydroxylation is 1. The maximum atomic E-state index is 11.1. The second kappa shape index (κ2) is 6.06. The Labute approximate surface area is 122 Å². The van der Waals surface area contributed by atoms with Crippen molar-refractivity contribution in [1.82, 2.24) is 4.90 Å². The lowest BCUT2D eigenvalue weighted by molar-refractivity contribution is -0.145. The lowest BCUT2D eigenvalue weighted by Crippen LogP contribution is -2.41. The van der Waals surface area contributed by atoms with Crippen molar-refractivity contribution in [3.63, 3.8) is 0 Å². The number of rotatable bonds is 3. The summed E-state index contributed by atoms with van der Waals surface area (Å²) in [6.07, 6.45) is 0.754. The minimum Gasteiger partial charge on any atom is -0.481 e. The number of likely N-dealkylation sites (tertiary alicyclic amines) is 1. The van der Waals surface area contributed by atoms with Crippen molar-refractivity contribution in [3.8, 4) is 0 Å². The minimum absolute atomic E-state index is 0.180. The number of piperidine rings is 1. The summed E-state index contributed by atoms with van der Waals surface area (Å²) in [5.74, 6) is -0.605. The Morgan fingerprint density at radius 2 is 2.26 bits per heavy atom. The number of halogens is 1. The molecule has 1 aromatic rings. The highest BCUT2D eigenvalue weighted by atomic mass is 79.9. The molecular formula is C15H20BrNO2. The first kappa shape index (κ1) is 14.5. The van der Waals surface area contributed by atoms with Crippen LogP contribution in [0, 0.1) is 18.8 Å². The van der Waals surface area contributed by atoms with Gasteiger partial charge in [-0.25, -0.2) is 0 Å². The number of carboxylic acids is 1. The van der Waals surface area contributed by atoms with Gasteiger partial charge in [0.2, 0.25) is 0 Å². The molecule has 1 N–H and O–H groups in total. The van der Waals surface area contributed by atoms with E-state index < -0.39 is 5.97 Å². The van der Waals surface area contributed by atoms with Crippen molar-refractivity contribution >= 4 is 21.9 Å². The van der Waals surface area contributed by atoms with Gasteiger partial charge < -0.3 is 5.11 Å². The first-order valence-electron chi connectivity index (χ1n) is 6.67. The summed E-state index contributed by atoms with van der Waals surface area (Å²) in [5, 5.41) is 9.13. The van der Waals surface area contributed by atoms with Crippen LogP contribution in [0.3, 0.4) is 0 Å². The number of hydrogen-bond acceptors (Lipinski definition) is 2. The molecule has 2 unspecified atom stereocenters. The third kappa shape index (κ3) is 3.57. The van der Waals surface area contributed by atoms with Gasteiger partial charge in [-0.2, -0.15) is 0 Å². The average Bonchev–Trinajstić information content (AvgIpc) is 2.33. The lowest BCUT2D eigenvalue weighted by atomic mass is 9.87. The summed E-state index contributed by atoms with van der Waals surface area (Å²) in [7, 11) is 0. The third-order valence-corrected chi connectivity index (χ3v) is 4.80. The van der Waals surface area contributed by atoms with Crippen LogP contribution in [0.5, 0.6) is 0 Å². The van der Waals surface area contributed by atoms with Gasteiger partial charge in [-0.05, 0) is 43.0 Å². The smallest absolute Gasteiger partial charge is 0.306 e. The Morgan fingerprint density at radius 1 is 1.53 bits per heavy atom. The topological polar surface area (TPSA) is 40.5 Å². The molecule has 0 saturated carbocycles. The fourth-order valence-corrected chi connectivity index (χ4v) is 3.16. The van der Waals surface area contributed by atoms with Crippen LogP contribution in [0.4, 0.5) is 0 Å². The molecule has 4 heteroatoms.